The highest BCUT2D eigenvalue weighted by Crippen LogP contribution is 2.44. The molecular formula is C22H21N3O3S2. The van der Waals surface area contributed by atoms with E-state index in [1.807, 2.05) is 43.3 Å². The Kier molecular flexibility index (Phi) is 5.69. The number of nitrogens with zero attached hydrogens (tertiary/aromatic N) is 1. The summed E-state index contributed by atoms with van der Waals surface area (Å²) < 4.78 is 30.4. The Labute approximate surface area is 180 Å². The highest BCUT2D eigenvalue weighted by Gasteiger charge is 2.17. The molecule has 1 aliphatic heterocycles. The molecule has 4 rings (SSSR count). The van der Waals surface area contributed by atoms with Crippen LogP contribution in [-0.4, -0.2) is 20.7 Å². The minimum Gasteiger partial charge on any atom is -0.494 e. The molecule has 0 unspecified atom stereocenters. The van der Waals surface area contributed by atoms with Crippen LogP contribution in [0, 0.1) is 0 Å². The molecule has 2 N–H and O–H groups in total. The maximum Gasteiger partial charge on any atom is 0.276 e. The second-order valence-corrected chi connectivity index (χ2v) is 9.38. The number of ether oxygens (including phenoxy) is 1. The van der Waals surface area contributed by atoms with Gasteiger partial charge in [-0.25, -0.2) is 0 Å². The lowest BCUT2D eigenvalue weighted by Gasteiger charge is -2.21. The van der Waals surface area contributed by atoms with Gasteiger partial charge in [0.2, 0.25) is 0 Å². The Morgan fingerprint density at radius 1 is 1.03 bits per heavy atom. The van der Waals surface area contributed by atoms with Crippen molar-refractivity contribution in [2.45, 2.75) is 28.5 Å². The molecule has 0 aromatic heterocycles. The molecule has 3 aromatic carbocycles. The van der Waals surface area contributed by atoms with Crippen LogP contribution in [0.4, 0.5) is 11.4 Å². The lowest BCUT2D eigenvalue weighted by Crippen LogP contribution is -2.20. The molecule has 1 aliphatic rings. The third kappa shape index (κ3) is 4.29. The lowest BCUT2D eigenvalue weighted by atomic mass is 10.1. The summed E-state index contributed by atoms with van der Waals surface area (Å²) in [5, 5.41) is 7.53. The number of para-hydroxylation sites is 1. The highest BCUT2D eigenvalue weighted by molar-refractivity contribution is 7.99. The number of nitrogens with one attached hydrogen (secondary N) is 2. The van der Waals surface area contributed by atoms with Crippen LogP contribution < -0.4 is 14.9 Å². The molecule has 6 nitrogen and oxygen atoms in total. The summed E-state index contributed by atoms with van der Waals surface area (Å²) in [5.74, 6) is 0.622. The molecule has 154 valence electrons. The third-order valence-corrected chi connectivity index (χ3v) is 6.93. The fraction of sp³-hybridized carbons (Fsp3) is 0.136. The van der Waals surface area contributed by atoms with Gasteiger partial charge in [-0.15, -0.1) is 0 Å². The number of hydrogen-bond donors (Lipinski definition) is 2. The van der Waals surface area contributed by atoms with Crippen molar-refractivity contribution < 1.29 is 13.2 Å². The molecule has 0 aliphatic carbocycles. The Hall–Kier alpha value is -2.97. The first-order valence-electron chi connectivity index (χ1n) is 9.43. The van der Waals surface area contributed by atoms with Crippen molar-refractivity contribution in [1.29, 1.82) is 0 Å². The normalized spacial score (nSPS) is 13.1. The van der Waals surface area contributed by atoms with Crippen LogP contribution in [0.25, 0.3) is 0 Å². The molecule has 0 atom stereocenters. The predicted molar refractivity (Wildman–Crippen MR) is 120 cm³/mol. The van der Waals surface area contributed by atoms with E-state index in [4.69, 9.17) is 4.74 Å². The minimum atomic E-state index is -3.77. The van der Waals surface area contributed by atoms with E-state index in [-0.39, 0.29) is 4.90 Å². The maximum atomic E-state index is 12.5. The van der Waals surface area contributed by atoms with Gasteiger partial charge in [-0.2, -0.15) is 18.4 Å². The van der Waals surface area contributed by atoms with Crippen LogP contribution in [0.2, 0.25) is 0 Å². The number of anilines is 2. The van der Waals surface area contributed by atoms with Gasteiger partial charge in [0.05, 0.1) is 28.6 Å². The second kappa shape index (κ2) is 8.41. The van der Waals surface area contributed by atoms with E-state index in [0.717, 1.165) is 21.8 Å². The van der Waals surface area contributed by atoms with Crippen molar-refractivity contribution in [2.75, 3.05) is 11.9 Å². The summed E-state index contributed by atoms with van der Waals surface area (Å²) in [6.45, 7) is 4.16. The first kappa shape index (κ1) is 20.3. The van der Waals surface area contributed by atoms with E-state index in [9.17, 15) is 8.42 Å². The average molecular weight is 440 g/mol. The average Bonchev–Trinajstić information content (AvgIpc) is 2.76. The van der Waals surface area contributed by atoms with Crippen LogP contribution in [0.5, 0.6) is 5.75 Å². The molecule has 3 aromatic rings. The third-order valence-electron chi connectivity index (χ3n) is 4.55. The summed E-state index contributed by atoms with van der Waals surface area (Å²) in [4.78, 5) is 4.73. The second-order valence-electron chi connectivity index (χ2n) is 6.63. The number of hydrogen-bond acceptors (Lipinski definition) is 6. The topological polar surface area (TPSA) is 79.8 Å². The standard InChI is InChI=1S/C22H21N3O3S2/c1-3-28-17-9-11-18(12-10-17)30(26,27)25-24-15(2)16-8-13-22-20(14-16)23-19-6-4-5-7-21(19)29-22/h4-14,23,25H,3H2,1-2H3/b24-15-. The van der Waals surface area contributed by atoms with Gasteiger partial charge in [0.15, 0.2) is 0 Å². The molecule has 0 amide bonds. The minimum absolute atomic E-state index is 0.127. The SMILES string of the molecule is CCOc1ccc(S(=O)(=O)N/N=C(/C)c2ccc3c(c2)Nc2ccccc2S3)cc1. The summed E-state index contributed by atoms with van der Waals surface area (Å²) in [6, 6.07) is 20.3. The monoisotopic (exact) mass is 439 g/mol. The number of rotatable bonds is 6. The number of hydrazone groups is 1. The van der Waals surface area contributed by atoms with Gasteiger partial charge in [-0.05, 0) is 67.9 Å². The molecule has 8 heteroatoms. The Balaban J connectivity index is 1.51. The van der Waals surface area contributed by atoms with Gasteiger partial charge >= 0.3 is 0 Å². The van der Waals surface area contributed by atoms with Gasteiger partial charge in [0.25, 0.3) is 10.0 Å². The van der Waals surface area contributed by atoms with E-state index < -0.39 is 10.0 Å². The van der Waals surface area contributed by atoms with Crippen molar-refractivity contribution in [3.63, 3.8) is 0 Å². The number of fused-ring (bicyclic) bond motifs is 2. The van der Waals surface area contributed by atoms with Crippen molar-refractivity contribution in [3.8, 4) is 5.75 Å². The van der Waals surface area contributed by atoms with Crippen LogP contribution in [0.15, 0.2) is 86.5 Å². The quantitative estimate of drug-likeness (QED) is 0.327. The molecule has 0 radical (unpaired) electrons. The van der Waals surface area contributed by atoms with Crippen LogP contribution in [-0.2, 0) is 10.0 Å². The van der Waals surface area contributed by atoms with E-state index >= 15 is 0 Å². The molecule has 30 heavy (non-hydrogen) atoms. The summed E-state index contributed by atoms with van der Waals surface area (Å²) in [6.07, 6.45) is 0. The first-order valence-corrected chi connectivity index (χ1v) is 11.7. The largest absolute Gasteiger partial charge is 0.494 e. The van der Waals surface area contributed by atoms with Crippen LogP contribution in [0.1, 0.15) is 19.4 Å². The van der Waals surface area contributed by atoms with Gasteiger partial charge in [0.1, 0.15) is 5.75 Å². The van der Waals surface area contributed by atoms with Crippen molar-refractivity contribution >= 4 is 38.9 Å². The smallest absolute Gasteiger partial charge is 0.276 e. The zero-order chi connectivity index (χ0) is 21.1. The fourth-order valence-corrected chi connectivity index (χ4v) is 4.82. The first-order chi connectivity index (χ1) is 14.5. The van der Waals surface area contributed by atoms with Crippen molar-refractivity contribution in [1.82, 2.24) is 4.83 Å². The number of benzene rings is 3. The number of sulfonamides is 1. The van der Waals surface area contributed by atoms with E-state index in [1.54, 1.807) is 30.8 Å². The molecule has 0 fully saturated rings. The Morgan fingerprint density at radius 3 is 2.53 bits per heavy atom. The van der Waals surface area contributed by atoms with Crippen LogP contribution in [0.3, 0.4) is 0 Å². The van der Waals surface area contributed by atoms with Crippen molar-refractivity contribution in [2.24, 2.45) is 5.10 Å². The van der Waals surface area contributed by atoms with E-state index in [2.05, 4.69) is 21.3 Å². The molecule has 0 bridgehead atoms. The van der Waals surface area contributed by atoms with Gasteiger partial charge < -0.3 is 10.1 Å². The lowest BCUT2D eigenvalue weighted by molar-refractivity contribution is 0.340. The Bertz CT molecular complexity index is 1210. The summed E-state index contributed by atoms with van der Waals surface area (Å²) >= 11 is 1.70. The maximum absolute atomic E-state index is 12.5. The van der Waals surface area contributed by atoms with Gasteiger partial charge in [-0.3, -0.25) is 0 Å². The summed E-state index contributed by atoms with van der Waals surface area (Å²) in [5.41, 5.74) is 3.42. The predicted octanol–water partition coefficient (Wildman–Crippen LogP) is 5.00. The van der Waals surface area contributed by atoms with Crippen LogP contribution >= 0.6 is 11.8 Å². The van der Waals surface area contributed by atoms with Gasteiger partial charge in [0, 0.05) is 9.79 Å². The fourth-order valence-electron chi connectivity index (χ4n) is 2.99. The molecular weight excluding hydrogens is 418 g/mol. The molecule has 0 spiro atoms. The zero-order valence-corrected chi connectivity index (χ0v) is 18.2. The summed E-state index contributed by atoms with van der Waals surface area (Å²) in [7, 11) is -3.77. The Morgan fingerprint density at radius 2 is 1.77 bits per heavy atom. The van der Waals surface area contributed by atoms with E-state index in [1.165, 1.54) is 17.0 Å². The highest BCUT2D eigenvalue weighted by atomic mass is 32.2. The molecule has 0 saturated carbocycles. The van der Waals surface area contributed by atoms with Gasteiger partial charge in [-0.1, -0.05) is 30.0 Å². The van der Waals surface area contributed by atoms with E-state index in [0.29, 0.717) is 18.1 Å². The van der Waals surface area contributed by atoms with Crippen molar-refractivity contribution in [3.05, 3.63) is 72.3 Å². The zero-order valence-electron chi connectivity index (χ0n) is 16.5. The molecule has 1 heterocycles. The molecule has 0 saturated heterocycles.